The van der Waals surface area contributed by atoms with Crippen molar-refractivity contribution in [1.82, 2.24) is 25.1 Å². The topological polar surface area (TPSA) is 114 Å². The van der Waals surface area contributed by atoms with Gasteiger partial charge in [0.1, 0.15) is 0 Å². The second-order valence-corrected chi connectivity index (χ2v) is 12.9. The second kappa shape index (κ2) is 13.0. The van der Waals surface area contributed by atoms with Crippen LogP contribution < -0.4 is 10.1 Å². The predicted molar refractivity (Wildman–Crippen MR) is 161 cm³/mol. The summed E-state index contributed by atoms with van der Waals surface area (Å²) in [5.41, 5.74) is 1.45. The molecule has 0 radical (unpaired) electrons. The Balaban J connectivity index is 1.17. The van der Waals surface area contributed by atoms with Gasteiger partial charge in [-0.05, 0) is 64.4 Å². The molecule has 1 aliphatic carbocycles. The number of esters is 1. The van der Waals surface area contributed by atoms with E-state index < -0.39 is 11.6 Å². The van der Waals surface area contributed by atoms with Gasteiger partial charge in [0.25, 0.3) is 5.91 Å². The van der Waals surface area contributed by atoms with Gasteiger partial charge in [0, 0.05) is 38.6 Å². The van der Waals surface area contributed by atoms with E-state index in [0.29, 0.717) is 41.9 Å². The molecule has 2 amide bonds. The molecule has 1 aromatic heterocycles. The van der Waals surface area contributed by atoms with Gasteiger partial charge >= 0.3 is 12.0 Å². The van der Waals surface area contributed by atoms with Crippen LogP contribution in [0.5, 0.6) is 6.01 Å². The first-order chi connectivity index (χ1) is 20.6. The van der Waals surface area contributed by atoms with Gasteiger partial charge in [-0.1, -0.05) is 43.2 Å². The molecular weight excluding hydrogens is 546 g/mol. The van der Waals surface area contributed by atoms with E-state index >= 15 is 0 Å². The van der Waals surface area contributed by atoms with Crippen molar-refractivity contribution in [3.05, 3.63) is 52.8 Å². The number of nitrogens with zero attached hydrogens (tertiary/aromatic N) is 4. The van der Waals surface area contributed by atoms with Crippen LogP contribution in [0.15, 0.2) is 30.3 Å². The maximum absolute atomic E-state index is 13.6. The number of ether oxygens (including phenoxy) is 2. The molecule has 2 aromatic rings. The van der Waals surface area contributed by atoms with Crippen molar-refractivity contribution in [1.29, 1.82) is 0 Å². The van der Waals surface area contributed by atoms with E-state index in [-0.39, 0.29) is 29.8 Å². The molecule has 2 saturated heterocycles. The van der Waals surface area contributed by atoms with Crippen LogP contribution in [-0.4, -0.2) is 83.0 Å². The normalized spacial score (nSPS) is 21.5. The number of likely N-dealkylation sites (tertiary alicyclic amines) is 2. The summed E-state index contributed by atoms with van der Waals surface area (Å²) < 4.78 is 10.5. The summed E-state index contributed by atoms with van der Waals surface area (Å²) >= 11 is 0. The Hall–Kier alpha value is -3.53. The smallest absolute Gasteiger partial charge is 0.349 e. The number of carbonyl (C=O) groups is 3. The van der Waals surface area contributed by atoms with E-state index in [4.69, 9.17) is 9.47 Å². The van der Waals surface area contributed by atoms with Crippen molar-refractivity contribution in [2.45, 2.75) is 71.4 Å². The van der Waals surface area contributed by atoms with E-state index in [1.165, 1.54) is 7.11 Å². The fourth-order valence-corrected chi connectivity index (χ4v) is 6.95. The van der Waals surface area contributed by atoms with Crippen molar-refractivity contribution in [2.24, 2.45) is 17.8 Å². The minimum atomic E-state index is -1.25. The lowest BCUT2D eigenvalue weighted by Gasteiger charge is -2.26. The Morgan fingerprint density at radius 3 is 2.16 bits per heavy atom. The SMILES string of the molecule is COC(=O)C(C)(C)Oc1nc(C)c(C(=O)N2CC3CN(CCC(NC(=O)C4CCCC4)c4ccccc4)CC3C2)c(C)n1. The third-order valence-electron chi connectivity index (χ3n) is 9.32. The van der Waals surface area contributed by atoms with Gasteiger partial charge in [0.2, 0.25) is 11.5 Å². The van der Waals surface area contributed by atoms with E-state index in [2.05, 4.69) is 32.3 Å². The second-order valence-electron chi connectivity index (χ2n) is 12.9. The summed E-state index contributed by atoms with van der Waals surface area (Å²) in [6, 6.07) is 10.3. The van der Waals surface area contributed by atoms with Crippen molar-refractivity contribution in [2.75, 3.05) is 39.8 Å². The van der Waals surface area contributed by atoms with E-state index in [9.17, 15) is 14.4 Å². The average molecular weight is 592 g/mol. The van der Waals surface area contributed by atoms with Crippen molar-refractivity contribution < 1.29 is 23.9 Å². The van der Waals surface area contributed by atoms with Crippen LogP contribution >= 0.6 is 0 Å². The van der Waals surface area contributed by atoms with Gasteiger partial charge < -0.3 is 24.6 Å². The molecule has 2 aliphatic heterocycles. The number of nitrogens with one attached hydrogen (secondary N) is 1. The third-order valence-corrected chi connectivity index (χ3v) is 9.32. The van der Waals surface area contributed by atoms with Gasteiger partial charge in [0.15, 0.2) is 0 Å². The highest BCUT2D eigenvalue weighted by molar-refractivity contribution is 5.96. The molecule has 10 heteroatoms. The first-order valence-corrected chi connectivity index (χ1v) is 15.5. The third kappa shape index (κ3) is 7.00. The zero-order valence-corrected chi connectivity index (χ0v) is 26.1. The average Bonchev–Trinajstić information content (AvgIpc) is 3.72. The first kappa shape index (κ1) is 30.9. The fourth-order valence-electron chi connectivity index (χ4n) is 6.95. The number of carbonyl (C=O) groups excluding carboxylic acids is 3. The van der Waals surface area contributed by atoms with E-state index in [0.717, 1.165) is 57.3 Å². The molecule has 1 saturated carbocycles. The van der Waals surface area contributed by atoms with Gasteiger partial charge in [-0.15, -0.1) is 0 Å². The standard InChI is InChI=1S/C33H45N5O5/c1-21-28(22(2)35-32(34-21)43-33(3,4)31(41)42-5)30(40)38-19-25-17-37(18-26(25)20-38)16-15-27(23-11-7-6-8-12-23)36-29(39)24-13-9-10-14-24/h6-8,11-12,24-27H,9-10,13-20H2,1-5H3,(H,36,39). The quantitative estimate of drug-likeness (QED) is 0.415. The number of benzene rings is 1. The molecule has 3 atom stereocenters. The largest absolute Gasteiger partial charge is 0.466 e. The van der Waals surface area contributed by atoms with Gasteiger partial charge in [-0.2, -0.15) is 9.97 Å². The molecule has 0 bridgehead atoms. The van der Waals surface area contributed by atoms with Crippen LogP contribution in [0, 0.1) is 31.6 Å². The minimum Gasteiger partial charge on any atom is -0.466 e. The van der Waals surface area contributed by atoms with Crippen molar-refractivity contribution >= 4 is 17.8 Å². The summed E-state index contributed by atoms with van der Waals surface area (Å²) in [6.45, 7) is 10.9. The molecule has 3 aliphatic rings. The summed E-state index contributed by atoms with van der Waals surface area (Å²) in [5, 5.41) is 3.36. The van der Waals surface area contributed by atoms with E-state index in [1.807, 2.05) is 23.1 Å². The Morgan fingerprint density at radius 2 is 1.58 bits per heavy atom. The zero-order valence-electron chi connectivity index (χ0n) is 26.1. The Kier molecular flexibility index (Phi) is 9.34. The maximum atomic E-state index is 13.6. The number of aryl methyl sites for hydroxylation is 2. The summed E-state index contributed by atoms with van der Waals surface area (Å²) in [7, 11) is 1.30. The number of rotatable bonds is 10. The highest BCUT2D eigenvalue weighted by atomic mass is 16.6. The lowest BCUT2D eigenvalue weighted by molar-refractivity contribution is -0.156. The molecule has 3 unspecified atom stereocenters. The van der Waals surface area contributed by atoms with Gasteiger partial charge in [0.05, 0.1) is 30.1 Å². The number of hydrogen-bond donors (Lipinski definition) is 1. The lowest BCUT2D eigenvalue weighted by Crippen LogP contribution is -2.40. The Morgan fingerprint density at radius 1 is 0.977 bits per heavy atom. The Bertz CT molecular complexity index is 1290. The summed E-state index contributed by atoms with van der Waals surface area (Å²) in [5.74, 6) is 0.575. The molecular formula is C33H45N5O5. The fraction of sp³-hybridized carbons (Fsp3) is 0.606. The molecule has 1 aromatic carbocycles. The summed E-state index contributed by atoms with van der Waals surface area (Å²) in [4.78, 5) is 51.8. The highest BCUT2D eigenvalue weighted by Crippen LogP contribution is 2.34. The molecule has 0 spiro atoms. The number of fused-ring (bicyclic) bond motifs is 1. The molecule has 232 valence electrons. The molecule has 10 nitrogen and oxygen atoms in total. The Labute approximate surface area is 254 Å². The monoisotopic (exact) mass is 591 g/mol. The number of aromatic nitrogens is 2. The van der Waals surface area contributed by atoms with Crippen LogP contribution in [0.1, 0.15) is 79.3 Å². The van der Waals surface area contributed by atoms with Gasteiger partial charge in [-0.25, -0.2) is 4.79 Å². The van der Waals surface area contributed by atoms with Crippen molar-refractivity contribution in [3.63, 3.8) is 0 Å². The minimum absolute atomic E-state index is 0.00362. The van der Waals surface area contributed by atoms with Crippen LogP contribution in [0.3, 0.4) is 0 Å². The number of amides is 2. The lowest BCUT2D eigenvalue weighted by atomic mass is 10.0. The maximum Gasteiger partial charge on any atom is 0.349 e. The number of methoxy groups -OCH3 is 1. The molecule has 3 fully saturated rings. The highest BCUT2D eigenvalue weighted by Gasteiger charge is 2.42. The van der Waals surface area contributed by atoms with Crippen LogP contribution in [0.2, 0.25) is 0 Å². The first-order valence-electron chi connectivity index (χ1n) is 15.5. The number of hydrogen-bond acceptors (Lipinski definition) is 8. The van der Waals surface area contributed by atoms with E-state index in [1.54, 1.807) is 27.7 Å². The molecule has 3 heterocycles. The molecule has 1 N–H and O–H groups in total. The molecule has 43 heavy (non-hydrogen) atoms. The summed E-state index contributed by atoms with van der Waals surface area (Å²) in [6.07, 6.45) is 5.14. The van der Waals surface area contributed by atoms with Crippen LogP contribution in [0.4, 0.5) is 0 Å². The van der Waals surface area contributed by atoms with Crippen molar-refractivity contribution in [3.8, 4) is 6.01 Å². The molecule has 5 rings (SSSR count). The van der Waals surface area contributed by atoms with Gasteiger partial charge in [-0.3, -0.25) is 9.59 Å². The predicted octanol–water partition coefficient (Wildman–Crippen LogP) is 3.87. The zero-order chi connectivity index (χ0) is 30.7. The van der Waals surface area contributed by atoms with Crippen LogP contribution in [-0.2, 0) is 14.3 Å². The van der Waals surface area contributed by atoms with Crippen LogP contribution in [0.25, 0.3) is 0 Å².